The van der Waals surface area contributed by atoms with Gasteiger partial charge in [-0.2, -0.15) is 0 Å². The molecule has 0 aliphatic carbocycles. The Hall–Kier alpha value is -1.14. The lowest BCUT2D eigenvalue weighted by molar-refractivity contribution is -0.140. The first-order valence-electron chi connectivity index (χ1n) is 13.9. The van der Waals surface area contributed by atoms with Crippen molar-refractivity contribution in [2.45, 2.75) is 44.9 Å². The van der Waals surface area contributed by atoms with Gasteiger partial charge in [0.25, 0.3) is 5.91 Å². The molecular weight excluding hydrogens is 641 g/mol. The number of hydrogen-bond donors (Lipinski definition) is 2. The van der Waals surface area contributed by atoms with Crippen LogP contribution in [0.15, 0.2) is 0 Å². The molecule has 0 aromatic heterocycles. The molecule has 0 aromatic rings. The van der Waals surface area contributed by atoms with Crippen molar-refractivity contribution in [3.63, 3.8) is 0 Å². The van der Waals surface area contributed by atoms with Gasteiger partial charge in [0.05, 0.1) is 49.3 Å². The second kappa shape index (κ2) is 30.8. The van der Waals surface area contributed by atoms with Crippen LogP contribution in [0.2, 0.25) is 0 Å². The molecule has 2 N–H and O–H groups in total. The summed E-state index contributed by atoms with van der Waals surface area (Å²) in [5.41, 5.74) is 0. The SMILES string of the molecule is COCCCCOCCC(=O)NCCOCCCCCOCC(=O)N(C)COCCOCCCOCC(=O)NI. The Balaban J connectivity index is 3.37. The van der Waals surface area contributed by atoms with E-state index in [0.29, 0.717) is 78.8 Å². The topological polar surface area (TPSA) is 143 Å². The van der Waals surface area contributed by atoms with Crippen LogP contribution in [0.4, 0.5) is 0 Å². The number of nitrogens with zero attached hydrogens (tertiary/aromatic N) is 1. The van der Waals surface area contributed by atoms with Crippen molar-refractivity contribution in [1.82, 2.24) is 13.7 Å². The van der Waals surface area contributed by atoms with Crippen molar-refractivity contribution in [2.24, 2.45) is 0 Å². The second-order valence-electron chi connectivity index (χ2n) is 8.80. The molecule has 3 amide bonds. The number of likely N-dealkylation sites (N-methyl/N-ethyl adjacent to an activating group) is 1. The smallest absolute Gasteiger partial charge is 0.254 e. The number of carbonyl (C=O) groups is 3. The first-order valence-corrected chi connectivity index (χ1v) is 14.9. The van der Waals surface area contributed by atoms with Gasteiger partial charge >= 0.3 is 0 Å². The standard InChI is InChI=1S/C26H50IN3O10/c1-30(23-40-20-19-37-15-8-16-38-21-25(32)29-27)26(33)22-39-14-5-3-4-12-36-18-10-28-24(31)9-17-35-13-7-6-11-34-2/h3-23H2,1-2H3,(H,28,31)(H,29,32). The summed E-state index contributed by atoms with van der Waals surface area (Å²) in [6.45, 7) is 5.86. The third-order valence-corrected chi connectivity index (χ3v) is 5.83. The van der Waals surface area contributed by atoms with Crippen LogP contribution in [0.3, 0.4) is 0 Å². The molecule has 0 spiro atoms. The maximum absolute atomic E-state index is 12.1. The number of hydrogen-bond acceptors (Lipinski definition) is 10. The third kappa shape index (κ3) is 28.4. The maximum Gasteiger partial charge on any atom is 0.254 e. The summed E-state index contributed by atoms with van der Waals surface area (Å²) in [5.74, 6) is -0.348. The van der Waals surface area contributed by atoms with E-state index in [1.54, 1.807) is 37.0 Å². The summed E-state index contributed by atoms with van der Waals surface area (Å²) in [4.78, 5) is 36.2. The van der Waals surface area contributed by atoms with E-state index >= 15 is 0 Å². The highest BCUT2D eigenvalue weighted by Gasteiger charge is 2.08. The number of carbonyl (C=O) groups excluding carboxylic acids is 3. The number of ether oxygens (including phenoxy) is 7. The van der Waals surface area contributed by atoms with Gasteiger partial charge in [0.15, 0.2) is 0 Å². The van der Waals surface area contributed by atoms with E-state index in [-0.39, 0.29) is 37.7 Å². The van der Waals surface area contributed by atoms with Crippen molar-refractivity contribution in [1.29, 1.82) is 0 Å². The lowest BCUT2D eigenvalue weighted by Crippen LogP contribution is -2.33. The van der Waals surface area contributed by atoms with Gasteiger partial charge in [-0.05, 0) is 38.5 Å². The van der Waals surface area contributed by atoms with E-state index in [1.165, 1.54) is 4.90 Å². The Bertz CT molecular complexity index is 619. The van der Waals surface area contributed by atoms with Gasteiger partial charge in [-0.15, -0.1) is 0 Å². The maximum atomic E-state index is 12.1. The molecule has 40 heavy (non-hydrogen) atoms. The third-order valence-electron chi connectivity index (χ3n) is 5.23. The Morgan fingerprint density at radius 3 is 1.95 bits per heavy atom. The highest BCUT2D eigenvalue weighted by atomic mass is 127. The molecule has 0 saturated heterocycles. The molecule has 0 unspecified atom stereocenters. The lowest BCUT2D eigenvalue weighted by Gasteiger charge is -2.17. The monoisotopic (exact) mass is 691 g/mol. The molecule has 0 atom stereocenters. The zero-order valence-electron chi connectivity index (χ0n) is 24.3. The Morgan fingerprint density at radius 1 is 0.625 bits per heavy atom. The van der Waals surface area contributed by atoms with Gasteiger partial charge in [0, 0.05) is 66.8 Å². The van der Waals surface area contributed by atoms with Crippen molar-refractivity contribution in [3.05, 3.63) is 0 Å². The lowest BCUT2D eigenvalue weighted by atomic mass is 10.2. The number of amides is 3. The molecule has 0 bridgehead atoms. The first kappa shape index (κ1) is 38.9. The zero-order valence-corrected chi connectivity index (χ0v) is 26.4. The number of methoxy groups -OCH3 is 1. The molecule has 0 saturated carbocycles. The Morgan fingerprint density at radius 2 is 1.20 bits per heavy atom. The van der Waals surface area contributed by atoms with E-state index in [4.69, 9.17) is 33.2 Å². The summed E-state index contributed by atoms with van der Waals surface area (Å²) < 4.78 is 39.9. The van der Waals surface area contributed by atoms with Crippen LogP contribution in [0.1, 0.15) is 44.9 Å². The minimum Gasteiger partial charge on any atom is -0.385 e. The summed E-state index contributed by atoms with van der Waals surface area (Å²) in [5, 5.41) is 2.82. The average Bonchev–Trinajstić information content (AvgIpc) is 2.95. The van der Waals surface area contributed by atoms with Crippen molar-refractivity contribution in [2.75, 3.05) is 107 Å². The highest BCUT2D eigenvalue weighted by molar-refractivity contribution is 14.1. The van der Waals surface area contributed by atoms with Crippen LogP contribution in [0, 0.1) is 0 Å². The van der Waals surface area contributed by atoms with Crippen molar-refractivity contribution in [3.8, 4) is 0 Å². The van der Waals surface area contributed by atoms with Gasteiger partial charge < -0.3 is 43.4 Å². The van der Waals surface area contributed by atoms with Gasteiger partial charge in [-0.3, -0.25) is 17.9 Å². The number of halogens is 1. The van der Waals surface area contributed by atoms with Crippen LogP contribution in [0.25, 0.3) is 0 Å². The van der Waals surface area contributed by atoms with E-state index in [9.17, 15) is 14.4 Å². The summed E-state index contributed by atoms with van der Waals surface area (Å²) in [6.07, 6.45) is 5.59. The predicted octanol–water partition coefficient (Wildman–Crippen LogP) is 1.46. The fourth-order valence-electron chi connectivity index (χ4n) is 2.97. The number of rotatable bonds is 30. The van der Waals surface area contributed by atoms with Crippen LogP contribution in [0.5, 0.6) is 0 Å². The van der Waals surface area contributed by atoms with E-state index in [1.807, 2.05) is 0 Å². The molecule has 0 rings (SSSR count). The van der Waals surface area contributed by atoms with Crippen LogP contribution in [-0.2, 0) is 47.5 Å². The molecule has 0 heterocycles. The molecule has 236 valence electrons. The van der Waals surface area contributed by atoms with Crippen molar-refractivity contribution >= 4 is 40.6 Å². The molecule has 0 aliphatic heterocycles. The molecule has 13 nitrogen and oxygen atoms in total. The van der Waals surface area contributed by atoms with Crippen LogP contribution >= 0.6 is 22.9 Å². The molecule has 0 radical (unpaired) electrons. The van der Waals surface area contributed by atoms with E-state index in [0.717, 1.165) is 38.7 Å². The normalized spacial score (nSPS) is 11.0. The average molecular weight is 692 g/mol. The number of unbranched alkanes of at least 4 members (excludes halogenated alkanes) is 3. The minimum absolute atomic E-state index is 0.0149. The Labute approximate surface area is 253 Å². The molecule has 0 aliphatic rings. The van der Waals surface area contributed by atoms with E-state index < -0.39 is 0 Å². The fourth-order valence-corrected chi connectivity index (χ4v) is 3.13. The van der Waals surface area contributed by atoms with Crippen LogP contribution < -0.4 is 8.85 Å². The first-order chi connectivity index (χ1) is 19.5. The quantitative estimate of drug-likeness (QED) is 0.0492. The van der Waals surface area contributed by atoms with Crippen molar-refractivity contribution < 1.29 is 47.5 Å². The molecule has 14 heteroatoms. The molecule has 0 fully saturated rings. The highest BCUT2D eigenvalue weighted by Crippen LogP contribution is 1.98. The second-order valence-corrected chi connectivity index (χ2v) is 9.34. The van der Waals surface area contributed by atoms with Crippen LogP contribution in [-0.4, -0.2) is 129 Å². The predicted molar refractivity (Wildman–Crippen MR) is 157 cm³/mol. The summed E-state index contributed by atoms with van der Waals surface area (Å²) in [6, 6.07) is 0. The van der Waals surface area contributed by atoms with E-state index in [2.05, 4.69) is 8.85 Å². The van der Waals surface area contributed by atoms with Gasteiger partial charge in [-0.1, -0.05) is 0 Å². The number of nitrogens with one attached hydrogen (secondary N) is 2. The zero-order chi connectivity index (χ0) is 29.5. The summed E-state index contributed by atoms with van der Waals surface area (Å²) >= 11 is 1.77. The van der Waals surface area contributed by atoms with Gasteiger partial charge in [0.1, 0.15) is 19.9 Å². The molecule has 0 aromatic carbocycles. The minimum atomic E-state index is -0.168. The largest absolute Gasteiger partial charge is 0.385 e. The summed E-state index contributed by atoms with van der Waals surface area (Å²) in [7, 11) is 3.34. The fraction of sp³-hybridized carbons (Fsp3) is 0.885. The Kier molecular flexibility index (Phi) is 29.9. The van der Waals surface area contributed by atoms with Gasteiger partial charge in [0.2, 0.25) is 11.8 Å². The van der Waals surface area contributed by atoms with Gasteiger partial charge in [-0.25, -0.2) is 0 Å². The molecular formula is C26H50IN3O10.